The van der Waals surface area contributed by atoms with Gasteiger partial charge in [-0.05, 0) is 61.4 Å². The quantitative estimate of drug-likeness (QED) is 0.0633. The third-order valence-electron chi connectivity index (χ3n) is 9.16. The Bertz CT molecular complexity index is 2150. The van der Waals surface area contributed by atoms with Crippen LogP contribution in [0.2, 0.25) is 0 Å². The van der Waals surface area contributed by atoms with Gasteiger partial charge in [-0.15, -0.1) is 0 Å². The summed E-state index contributed by atoms with van der Waals surface area (Å²) in [7, 11) is 0. The van der Waals surface area contributed by atoms with E-state index >= 15 is 0 Å². The van der Waals surface area contributed by atoms with Gasteiger partial charge in [-0.1, -0.05) is 6.07 Å². The highest BCUT2D eigenvalue weighted by Gasteiger charge is 2.51. The van der Waals surface area contributed by atoms with E-state index in [0.717, 1.165) is 18.2 Å². The van der Waals surface area contributed by atoms with Crippen molar-refractivity contribution >= 4 is 23.0 Å². The lowest BCUT2D eigenvalue weighted by molar-refractivity contribution is -0.355. The lowest BCUT2D eigenvalue weighted by Gasteiger charge is -2.45. The predicted octanol–water partition coefficient (Wildman–Crippen LogP) is 0.591. The van der Waals surface area contributed by atoms with E-state index in [9.17, 15) is 60.7 Å². The van der Waals surface area contributed by atoms with E-state index in [1.54, 1.807) is 6.92 Å². The Hall–Kier alpha value is -5.44. The fourth-order valence-electron chi connectivity index (χ4n) is 6.06. The van der Waals surface area contributed by atoms with Gasteiger partial charge in [-0.3, -0.25) is 4.79 Å². The lowest BCUT2D eigenvalue weighted by atomic mass is 9.97. The Balaban J connectivity index is 1.28. The van der Waals surface area contributed by atoms with Gasteiger partial charge in [0.2, 0.25) is 17.5 Å². The highest BCUT2D eigenvalue weighted by Crippen LogP contribution is 2.39. The van der Waals surface area contributed by atoms with Crippen molar-refractivity contribution in [3.05, 3.63) is 76.0 Å². The van der Waals surface area contributed by atoms with E-state index < -0.39 is 108 Å². The molecule has 3 aromatic carbocycles. The molecule has 3 heterocycles. The normalized spacial score (nSPS) is 28.3. The molecule has 2 saturated heterocycles. The van der Waals surface area contributed by atoms with Crippen LogP contribution in [0.25, 0.3) is 28.4 Å². The maximum atomic E-state index is 14.0. The maximum Gasteiger partial charge on any atom is 0.330 e. The minimum Gasteiger partial charge on any atom is -0.508 e. The van der Waals surface area contributed by atoms with Crippen LogP contribution in [0.15, 0.2) is 63.8 Å². The highest BCUT2D eigenvalue weighted by molar-refractivity contribution is 5.88. The van der Waals surface area contributed by atoms with Crippen LogP contribution in [0.3, 0.4) is 0 Å². The van der Waals surface area contributed by atoms with E-state index in [2.05, 4.69) is 0 Å². The van der Waals surface area contributed by atoms with Crippen molar-refractivity contribution in [3.63, 3.8) is 0 Å². The largest absolute Gasteiger partial charge is 0.508 e. The van der Waals surface area contributed by atoms with E-state index in [4.69, 9.17) is 28.1 Å². The van der Waals surface area contributed by atoms with Crippen molar-refractivity contribution < 1.29 is 84.0 Å². The summed E-state index contributed by atoms with van der Waals surface area (Å²) < 4.78 is 34.4. The molecular formula is C37H38O18. The molecule has 10 N–H and O–H groups in total. The van der Waals surface area contributed by atoms with Crippen molar-refractivity contribution in [1.82, 2.24) is 0 Å². The Morgan fingerprint density at radius 1 is 0.782 bits per heavy atom. The van der Waals surface area contributed by atoms with Crippen LogP contribution in [-0.4, -0.2) is 125 Å². The number of phenols is 5. The van der Waals surface area contributed by atoms with Crippen LogP contribution >= 0.6 is 0 Å². The van der Waals surface area contributed by atoms with Gasteiger partial charge in [0.15, 0.2) is 29.7 Å². The summed E-state index contributed by atoms with van der Waals surface area (Å²) in [6.07, 6.45) is -15.3. The minimum atomic E-state index is -2.00. The number of fused-ring (bicyclic) bond motifs is 1. The van der Waals surface area contributed by atoms with Crippen LogP contribution in [0.4, 0.5) is 0 Å². The topological polar surface area (TPSA) is 296 Å². The third kappa shape index (κ3) is 8.02. The Labute approximate surface area is 310 Å². The van der Waals surface area contributed by atoms with Crippen LogP contribution in [0.1, 0.15) is 18.1 Å². The van der Waals surface area contributed by atoms with Crippen LogP contribution < -0.4 is 10.2 Å². The number of aromatic hydroxyl groups is 5. The molecule has 6 rings (SSSR count). The summed E-state index contributed by atoms with van der Waals surface area (Å²) in [5.74, 6) is -3.80. The first-order valence-corrected chi connectivity index (χ1v) is 16.8. The molecule has 2 fully saturated rings. The number of aryl methyl sites for hydroxylation is 1. The zero-order chi connectivity index (χ0) is 39.9. The van der Waals surface area contributed by atoms with Crippen molar-refractivity contribution in [1.29, 1.82) is 0 Å². The first kappa shape index (κ1) is 39.3. The second kappa shape index (κ2) is 15.7. The Morgan fingerprint density at radius 3 is 2.22 bits per heavy atom. The molecular weight excluding hydrogens is 732 g/mol. The molecule has 0 spiro atoms. The monoisotopic (exact) mass is 770 g/mol. The van der Waals surface area contributed by atoms with Gasteiger partial charge >= 0.3 is 5.97 Å². The van der Waals surface area contributed by atoms with Gasteiger partial charge in [-0.25, -0.2) is 4.79 Å². The molecule has 0 amide bonds. The van der Waals surface area contributed by atoms with E-state index in [1.165, 1.54) is 49.4 Å². The number of phenolic OH excluding ortho intramolecular Hbond substituents is 5. The van der Waals surface area contributed by atoms with Crippen molar-refractivity contribution in [2.45, 2.75) is 75.3 Å². The molecule has 294 valence electrons. The number of benzene rings is 3. The number of ether oxygens (including phenoxy) is 5. The average Bonchev–Trinajstić information content (AvgIpc) is 3.14. The maximum absolute atomic E-state index is 14.0. The smallest absolute Gasteiger partial charge is 0.330 e. The number of esters is 1. The van der Waals surface area contributed by atoms with Gasteiger partial charge < -0.3 is 79.2 Å². The number of aliphatic hydroxyl groups excluding tert-OH is 5. The van der Waals surface area contributed by atoms with Gasteiger partial charge in [0.25, 0.3) is 0 Å². The molecule has 10 unspecified atom stereocenters. The number of rotatable bonds is 9. The molecule has 4 aromatic rings. The summed E-state index contributed by atoms with van der Waals surface area (Å²) in [4.78, 5) is 26.4. The Morgan fingerprint density at radius 2 is 1.51 bits per heavy atom. The number of carbonyl (C=O) groups excluding carboxylic acids is 1. The van der Waals surface area contributed by atoms with Crippen molar-refractivity contribution in [3.8, 4) is 45.8 Å². The second-order valence-electron chi connectivity index (χ2n) is 13.1. The summed E-state index contributed by atoms with van der Waals surface area (Å²) >= 11 is 0. The van der Waals surface area contributed by atoms with Crippen molar-refractivity contribution in [2.75, 3.05) is 6.61 Å². The molecule has 0 aliphatic carbocycles. The first-order valence-electron chi connectivity index (χ1n) is 16.8. The molecule has 0 radical (unpaired) electrons. The van der Waals surface area contributed by atoms with Gasteiger partial charge in [0.1, 0.15) is 71.4 Å². The molecule has 55 heavy (non-hydrogen) atoms. The minimum absolute atomic E-state index is 0.0854. The zero-order valence-electron chi connectivity index (χ0n) is 29.0. The predicted molar refractivity (Wildman–Crippen MR) is 186 cm³/mol. The van der Waals surface area contributed by atoms with Crippen molar-refractivity contribution in [2.24, 2.45) is 0 Å². The molecule has 10 atom stereocenters. The fraction of sp³-hybridized carbons (Fsp3) is 0.351. The summed E-state index contributed by atoms with van der Waals surface area (Å²) in [6, 6.07) is 9.92. The van der Waals surface area contributed by atoms with Crippen LogP contribution in [-0.2, 0) is 23.7 Å². The molecule has 1 aromatic heterocycles. The fourth-order valence-corrected chi connectivity index (χ4v) is 6.06. The molecule has 2 aliphatic heterocycles. The summed E-state index contributed by atoms with van der Waals surface area (Å²) in [6.45, 7) is 2.25. The molecule has 18 nitrogen and oxygen atoms in total. The standard InChI is InChI=1S/C37H38O18/c1-14-9-17(5-7-19(14)39)33-34(29(46)26-22(42)11-18(38)12-23(26)52-33)54-37-35(31(48)27(44)15(2)51-37)55-36-32(49)30(47)28(45)24(53-36)13-50-25(43)8-4-16-3-6-20(40)21(41)10-16/h3-12,15,24,27-28,30-32,35-42,44-45,47-49H,13H2,1-2H3/b8-4+. The molecule has 0 saturated carbocycles. The number of hydrogen-bond acceptors (Lipinski definition) is 18. The van der Waals surface area contributed by atoms with E-state index in [0.29, 0.717) is 11.1 Å². The molecule has 18 heteroatoms. The number of aliphatic hydroxyl groups is 5. The summed E-state index contributed by atoms with van der Waals surface area (Å²) in [5, 5.41) is 104. The number of hydrogen-bond donors (Lipinski definition) is 10. The summed E-state index contributed by atoms with van der Waals surface area (Å²) in [5.41, 5.74) is -0.334. The van der Waals surface area contributed by atoms with Gasteiger partial charge in [0, 0.05) is 23.8 Å². The lowest BCUT2D eigenvalue weighted by Crippen LogP contribution is -2.64. The zero-order valence-corrected chi connectivity index (χ0v) is 29.0. The Kier molecular flexibility index (Phi) is 11.2. The third-order valence-corrected chi connectivity index (χ3v) is 9.16. The SMILES string of the molecule is Cc1cc(-c2oc3cc(O)cc(O)c3c(=O)c2OC2OC(C)C(O)C(O)C2OC2OC(COC(=O)/C=C/c3ccc(O)c(O)c3)C(O)C(O)C2O)ccc1O. The van der Waals surface area contributed by atoms with Crippen LogP contribution in [0, 0.1) is 6.92 Å². The molecule has 0 bridgehead atoms. The van der Waals surface area contributed by atoms with E-state index in [1.807, 2.05) is 0 Å². The molecule has 2 aliphatic rings. The average molecular weight is 771 g/mol. The second-order valence-corrected chi connectivity index (χ2v) is 13.1. The van der Waals surface area contributed by atoms with E-state index in [-0.39, 0.29) is 28.4 Å². The number of carbonyl (C=O) groups is 1. The van der Waals surface area contributed by atoms with Crippen LogP contribution in [0.5, 0.6) is 34.5 Å². The van der Waals surface area contributed by atoms with Gasteiger partial charge in [0.05, 0.1) is 6.10 Å². The highest BCUT2D eigenvalue weighted by atomic mass is 16.8. The van der Waals surface area contributed by atoms with Gasteiger partial charge in [-0.2, -0.15) is 0 Å². The first-order chi connectivity index (χ1) is 26.0.